The molecule has 13 heavy (non-hydrogen) atoms. The molecule has 0 atom stereocenters. The lowest BCUT2D eigenvalue weighted by atomic mass is 10.1. The van der Waals surface area contributed by atoms with Crippen LogP contribution in [0, 0.1) is 6.92 Å². The Morgan fingerprint density at radius 3 is 2.85 bits per heavy atom. The smallest absolute Gasteiger partial charge is 0.0388 e. The van der Waals surface area contributed by atoms with Crippen molar-refractivity contribution >= 4 is 37.4 Å². The summed E-state index contributed by atoms with van der Waals surface area (Å²) in [6.07, 6.45) is 1.11. The fraction of sp³-hybridized carbons (Fsp3) is 0.273. The lowest BCUT2D eigenvalue weighted by Crippen LogP contribution is -1.79. The summed E-state index contributed by atoms with van der Waals surface area (Å²) < 4.78 is 2.65. The Morgan fingerprint density at radius 2 is 2.15 bits per heavy atom. The van der Waals surface area contributed by atoms with Gasteiger partial charge in [-0.3, -0.25) is 0 Å². The maximum atomic E-state index is 3.58. The van der Waals surface area contributed by atoms with Crippen molar-refractivity contribution in [2.24, 2.45) is 0 Å². The van der Waals surface area contributed by atoms with E-state index >= 15 is 0 Å². The zero-order valence-electron chi connectivity index (χ0n) is 7.73. The predicted octanol–water partition coefficient (Wildman–Crippen LogP) is 4.53. The van der Waals surface area contributed by atoms with Crippen molar-refractivity contribution < 1.29 is 0 Å². The largest absolute Gasteiger partial charge is 0.140 e. The van der Waals surface area contributed by atoms with Crippen LogP contribution in [-0.2, 0) is 6.42 Å². The number of hydrogen-bond acceptors (Lipinski definition) is 1. The minimum atomic E-state index is 1.11. The van der Waals surface area contributed by atoms with Gasteiger partial charge >= 0.3 is 0 Å². The second kappa shape index (κ2) is 3.43. The molecule has 0 amide bonds. The van der Waals surface area contributed by atoms with Crippen molar-refractivity contribution in [2.45, 2.75) is 20.3 Å². The highest BCUT2D eigenvalue weighted by Crippen LogP contribution is 2.33. The van der Waals surface area contributed by atoms with Gasteiger partial charge in [0.1, 0.15) is 0 Å². The van der Waals surface area contributed by atoms with Crippen molar-refractivity contribution in [3.63, 3.8) is 0 Å². The van der Waals surface area contributed by atoms with E-state index in [0.717, 1.165) is 6.42 Å². The molecular weight excluding hydrogens is 244 g/mol. The number of fused-ring (bicyclic) bond motifs is 1. The summed E-state index contributed by atoms with van der Waals surface area (Å²) in [5.41, 5.74) is 1.45. The molecule has 1 aromatic heterocycles. The molecule has 0 spiro atoms. The third-order valence-corrected chi connectivity index (χ3v) is 4.03. The van der Waals surface area contributed by atoms with Gasteiger partial charge in [0.25, 0.3) is 0 Å². The van der Waals surface area contributed by atoms with Gasteiger partial charge < -0.3 is 0 Å². The van der Waals surface area contributed by atoms with E-state index < -0.39 is 0 Å². The van der Waals surface area contributed by atoms with E-state index in [1.165, 1.54) is 25.0 Å². The predicted molar refractivity (Wildman–Crippen MR) is 63.6 cm³/mol. The zero-order valence-corrected chi connectivity index (χ0v) is 10.1. The Balaban J connectivity index is 2.83. The van der Waals surface area contributed by atoms with Crippen LogP contribution in [0.4, 0.5) is 0 Å². The van der Waals surface area contributed by atoms with E-state index in [1.54, 1.807) is 0 Å². The van der Waals surface area contributed by atoms with E-state index in [-0.39, 0.29) is 0 Å². The van der Waals surface area contributed by atoms with Crippen molar-refractivity contribution in [2.75, 3.05) is 0 Å². The fourth-order valence-electron chi connectivity index (χ4n) is 1.55. The molecule has 2 rings (SSSR count). The molecule has 0 saturated heterocycles. The summed E-state index contributed by atoms with van der Waals surface area (Å²) in [7, 11) is 0. The first-order valence-corrected chi connectivity index (χ1v) is 6.01. The summed E-state index contributed by atoms with van der Waals surface area (Å²) in [4.78, 5) is 1.39. The quantitative estimate of drug-likeness (QED) is 0.702. The van der Waals surface area contributed by atoms with Gasteiger partial charge in [0.2, 0.25) is 0 Å². The lowest BCUT2D eigenvalue weighted by Gasteiger charge is -1.99. The third kappa shape index (κ3) is 1.53. The number of rotatable bonds is 1. The second-order valence-electron chi connectivity index (χ2n) is 3.16. The zero-order chi connectivity index (χ0) is 9.42. The first-order chi connectivity index (χ1) is 6.22. The van der Waals surface area contributed by atoms with E-state index in [9.17, 15) is 0 Å². The van der Waals surface area contributed by atoms with Crippen molar-refractivity contribution in [1.82, 2.24) is 0 Å². The van der Waals surface area contributed by atoms with Crippen LogP contribution in [0.5, 0.6) is 0 Å². The average molecular weight is 255 g/mol. The average Bonchev–Trinajstić information content (AvgIpc) is 2.48. The summed E-state index contributed by atoms with van der Waals surface area (Å²) >= 11 is 5.47. The number of hydrogen-bond donors (Lipinski definition) is 0. The molecule has 0 nitrogen and oxygen atoms in total. The molecule has 2 heteroatoms. The van der Waals surface area contributed by atoms with E-state index in [4.69, 9.17) is 0 Å². The van der Waals surface area contributed by atoms with E-state index in [0.29, 0.717) is 0 Å². The molecule has 0 aliphatic heterocycles. The summed E-state index contributed by atoms with van der Waals surface area (Å²) in [6.45, 7) is 4.37. The van der Waals surface area contributed by atoms with Gasteiger partial charge in [-0.2, -0.15) is 0 Å². The van der Waals surface area contributed by atoms with E-state index in [1.807, 2.05) is 11.3 Å². The highest BCUT2D eigenvalue weighted by Gasteiger charge is 2.05. The topological polar surface area (TPSA) is 0 Å². The van der Waals surface area contributed by atoms with Gasteiger partial charge in [0.05, 0.1) is 0 Å². The normalized spacial score (nSPS) is 11.0. The first-order valence-electron chi connectivity index (χ1n) is 4.40. The van der Waals surface area contributed by atoms with Crippen LogP contribution >= 0.6 is 27.3 Å². The number of thiophene rings is 1. The fourth-order valence-corrected chi connectivity index (χ4v) is 3.24. The van der Waals surface area contributed by atoms with Gasteiger partial charge in [-0.25, -0.2) is 0 Å². The van der Waals surface area contributed by atoms with Gasteiger partial charge in [-0.15, -0.1) is 11.3 Å². The Bertz CT molecular complexity index is 443. The Kier molecular flexibility index (Phi) is 2.43. The van der Waals surface area contributed by atoms with Crippen LogP contribution in [0.25, 0.3) is 10.1 Å². The second-order valence-corrected chi connectivity index (χ2v) is 5.27. The maximum Gasteiger partial charge on any atom is 0.0388 e. The summed E-state index contributed by atoms with van der Waals surface area (Å²) in [5, 5.41) is 1.36. The Morgan fingerprint density at radius 1 is 1.38 bits per heavy atom. The molecule has 0 bridgehead atoms. The monoisotopic (exact) mass is 254 g/mol. The number of aryl methyl sites for hydroxylation is 2. The van der Waals surface area contributed by atoms with Crippen molar-refractivity contribution in [3.8, 4) is 0 Å². The van der Waals surface area contributed by atoms with Crippen LogP contribution in [-0.4, -0.2) is 0 Å². The third-order valence-electron chi connectivity index (χ3n) is 2.22. The molecule has 0 aliphatic rings. The van der Waals surface area contributed by atoms with Gasteiger partial charge in [-0.1, -0.05) is 28.9 Å². The standard InChI is InChI=1S/C11H11BrS/c1-3-8-4-5-10(12)9-6-7(2)13-11(8)9/h4-6H,3H2,1-2H3. The van der Waals surface area contributed by atoms with Crippen LogP contribution in [0.1, 0.15) is 17.4 Å². The van der Waals surface area contributed by atoms with Crippen LogP contribution in [0.2, 0.25) is 0 Å². The van der Waals surface area contributed by atoms with Gasteiger partial charge in [0, 0.05) is 19.4 Å². The highest BCUT2D eigenvalue weighted by molar-refractivity contribution is 9.10. The lowest BCUT2D eigenvalue weighted by molar-refractivity contribution is 1.16. The van der Waals surface area contributed by atoms with Crippen LogP contribution in [0.15, 0.2) is 22.7 Å². The van der Waals surface area contributed by atoms with Crippen LogP contribution in [0.3, 0.4) is 0 Å². The molecule has 0 unspecified atom stereocenters. The highest BCUT2D eigenvalue weighted by atomic mass is 79.9. The van der Waals surface area contributed by atoms with Gasteiger partial charge in [0.15, 0.2) is 0 Å². The molecular formula is C11H11BrS. The molecule has 0 radical (unpaired) electrons. The molecule has 0 saturated carbocycles. The Hall–Kier alpha value is -0.340. The molecule has 1 aromatic carbocycles. The van der Waals surface area contributed by atoms with Crippen molar-refractivity contribution in [3.05, 3.63) is 33.1 Å². The van der Waals surface area contributed by atoms with Gasteiger partial charge in [-0.05, 0) is 31.0 Å². The summed E-state index contributed by atoms with van der Waals surface area (Å²) in [5.74, 6) is 0. The molecule has 0 fully saturated rings. The van der Waals surface area contributed by atoms with Crippen molar-refractivity contribution in [1.29, 1.82) is 0 Å². The molecule has 2 aromatic rings. The first kappa shape index (κ1) is 9.22. The molecule has 68 valence electrons. The minimum absolute atomic E-state index is 1.11. The van der Waals surface area contributed by atoms with Crippen LogP contribution < -0.4 is 0 Å². The summed E-state index contributed by atoms with van der Waals surface area (Å²) in [6, 6.07) is 6.61. The molecule has 1 heterocycles. The molecule has 0 N–H and O–H groups in total. The maximum absolute atomic E-state index is 3.58. The minimum Gasteiger partial charge on any atom is -0.140 e. The number of halogens is 1. The SMILES string of the molecule is CCc1ccc(Br)c2cc(C)sc12. The van der Waals surface area contributed by atoms with E-state index in [2.05, 4.69) is 48.0 Å². The molecule has 0 aliphatic carbocycles. The number of benzene rings is 1. The Labute approximate surface area is 90.7 Å².